The molecule has 1 saturated carbocycles. The van der Waals surface area contributed by atoms with Crippen molar-refractivity contribution in [3.63, 3.8) is 0 Å². The molecule has 1 heterocycles. The predicted octanol–water partition coefficient (Wildman–Crippen LogP) is 1.84. The third-order valence-corrected chi connectivity index (χ3v) is 3.86. The average molecular weight is 276 g/mol. The monoisotopic (exact) mass is 276 g/mol. The van der Waals surface area contributed by atoms with E-state index in [1.54, 1.807) is 0 Å². The summed E-state index contributed by atoms with van der Waals surface area (Å²) >= 11 is 0. The van der Waals surface area contributed by atoms with Crippen LogP contribution in [-0.4, -0.2) is 24.3 Å². The molecule has 0 aromatic heterocycles. The van der Waals surface area contributed by atoms with Crippen molar-refractivity contribution in [2.24, 2.45) is 5.92 Å². The number of carbonyl (C=O) groups excluding carboxylic acids is 2. The largest absolute Gasteiger partial charge is 0.501 e. The summed E-state index contributed by atoms with van der Waals surface area (Å²) in [4.78, 5) is 24.3. The van der Waals surface area contributed by atoms with E-state index in [-0.39, 0.29) is 6.04 Å². The van der Waals surface area contributed by atoms with Gasteiger partial charge in [0.05, 0.1) is 18.9 Å². The Morgan fingerprint density at radius 3 is 2.65 bits per heavy atom. The van der Waals surface area contributed by atoms with Crippen LogP contribution in [0.15, 0.2) is 11.8 Å². The van der Waals surface area contributed by atoms with Crippen LogP contribution in [-0.2, 0) is 14.3 Å². The number of allylic oxidation sites excluding steroid dienone is 1. The van der Waals surface area contributed by atoms with Gasteiger partial charge < -0.3 is 10.1 Å². The standard InChI is InChI=1S/C15H20N2O3/c16-9-13(14(18)11-5-4-8-20-10-11)15(19)17-12-6-2-1-3-7-12/h10,12-13H,1-8H2,(H,17,19). The second-order valence-corrected chi connectivity index (χ2v) is 5.39. The number of amides is 1. The molecular weight excluding hydrogens is 256 g/mol. The van der Waals surface area contributed by atoms with Crippen molar-refractivity contribution in [2.45, 2.75) is 51.0 Å². The summed E-state index contributed by atoms with van der Waals surface area (Å²) in [5, 5.41) is 12.0. The zero-order valence-corrected chi connectivity index (χ0v) is 11.6. The Balaban J connectivity index is 1.96. The Labute approximate surface area is 119 Å². The fourth-order valence-electron chi connectivity index (χ4n) is 2.70. The number of ether oxygens (including phenoxy) is 1. The van der Waals surface area contributed by atoms with E-state index >= 15 is 0 Å². The summed E-state index contributed by atoms with van der Waals surface area (Å²) in [7, 11) is 0. The van der Waals surface area contributed by atoms with Gasteiger partial charge in [-0.05, 0) is 25.7 Å². The number of carbonyl (C=O) groups is 2. The molecule has 5 nitrogen and oxygen atoms in total. The number of ketones is 1. The normalized spacial score (nSPS) is 21.1. The van der Waals surface area contributed by atoms with Gasteiger partial charge in [0, 0.05) is 11.6 Å². The molecule has 2 aliphatic rings. The van der Waals surface area contributed by atoms with Crippen molar-refractivity contribution < 1.29 is 14.3 Å². The van der Waals surface area contributed by atoms with E-state index in [0.29, 0.717) is 18.6 Å². The highest BCUT2D eigenvalue weighted by atomic mass is 16.5. The Kier molecular flexibility index (Phi) is 5.16. The minimum absolute atomic E-state index is 0.108. The fraction of sp³-hybridized carbons (Fsp3) is 0.667. The molecule has 5 heteroatoms. The van der Waals surface area contributed by atoms with E-state index in [1.807, 2.05) is 6.07 Å². The van der Waals surface area contributed by atoms with Crippen LogP contribution in [0.1, 0.15) is 44.9 Å². The van der Waals surface area contributed by atoms with Gasteiger partial charge in [-0.2, -0.15) is 5.26 Å². The summed E-state index contributed by atoms with van der Waals surface area (Å²) in [5.74, 6) is -2.12. The smallest absolute Gasteiger partial charge is 0.245 e. The van der Waals surface area contributed by atoms with Crippen LogP contribution in [0, 0.1) is 17.2 Å². The first-order chi connectivity index (χ1) is 9.72. The molecule has 0 bridgehead atoms. The average Bonchev–Trinajstić information content (AvgIpc) is 2.49. The topological polar surface area (TPSA) is 79.2 Å². The third kappa shape index (κ3) is 3.60. The molecule has 108 valence electrons. The number of rotatable bonds is 4. The molecule has 0 aromatic rings. The van der Waals surface area contributed by atoms with Crippen LogP contribution in [0.25, 0.3) is 0 Å². The Morgan fingerprint density at radius 1 is 1.30 bits per heavy atom. The Bertz CT molecular complexity index is 445. The van der Waals surface area contributed by atoms with Crippen molar-refractivity contribution in [3.05, 3.63) is 11.8 Å². The van der Waals surface area contributed by atoms with Gasteiger partial charge in [-0.15, -0.1) is 0 Å². The van der Waals surface area contributed by atoms with Gasteiger partial charge in [-0.1, -0.05) is 19.3 Å². The van der Waals surface area contributed by atoms with E-state index in [9.17, 15) is 9.59 Å². The maximum Gasteiger partial charge on any atom is 0.245 e. The molecule has 0 radical (unpaired) electrons. The van der Waals surface area contributed by atoms with E-state index in [0.717, 1.165) is 32.1 Å². The third-order valence-electron chi connectivity index (χ3n) is 3.86. The maximum absolute atomic E-state index is 12.2. The highest BCUT2D eigenvalue weighted by Gasteiger charge is 2.31. The molecule has 0 aromatic carbocycles. The van der Waals surface area contributed by atoms with Gasteiger partial charge in [0.1, 0.15) is 0 Å². The van der Waals surface area contributed by atoms with Crippen LogP contribution >= 0.6 is 0 Å². The van der Waals surface area contributed by atoms with Gasteiger partial charge in [0.25, 0.3) is 0 Å². The first-order valence-electron chi connectivity index (χ1n) is 7.27. The molecule has 0 spiro atoms. The number of nitrogens with zero attached hydrogens (tertiary/aromatic N) is 1. The zero-order chi connectivity index (χ0) is 14.4. The lowest BCUT2D eigenvalue weighted by molar-refractivity contribution is -0.130. The van der Waals surface area contributed by atoms with Crippen LogP contribution in [0.5, 0.6) is 0 Å². The van der Waals surface area contributed by atoms with Crippen LogP contribution in [0.3, 0.4) is 0 Å². The zero-order valence-electron chi connectivity index (χ0n) is 11.6. The molecule has 20 heavy (non-hydrogen) atoms. The molecule has 2 rings (SSSR count). The van der Waals surface area contributed by atoms with Crippen LogP contribution in [0.4, 0.5) is 0 Å². The van der Waals surface area contributed by atoms with E-state index in [1.165, 1.54) is 12.7 Å². The number of nitrogens with one attached hydrogen (secondary N) is 1. The minimum Gasteiger partial charge on any atom is -0.501 e. The number of hydrogen-bond donors (Lipinski definition) is 1. The molecule has 1 fully saturated rings. The lowest BCUT2D eigenvalue weighted by atomic mass is 9.92. The fourth-order valence-corrected chi connectivity index (χ4v) is 2.70. The highest BCUT2D eigenvalue weighted by Crippen LogP contribution is 2.20. The van der Waals surface area contributed by atoms with E-state index < -0.39 is 17.6 Å². The van der Waals surface area contributed by atoms with Gasteiger partial charge in [0.2, 0.25) is 5.91 Å². The van der Waals surface area contributed by atoms with Crippen molar-refractivity contribution in [1.29, 1.82) is 5.26 Å². The lowest BCUT2D eigenvalue weighted by Crippen LogP contribution is -2.42. The quantitative estimate of drug-likeness (QED) is 0.795. The molecular formula is C15H20N2O3. The van der Waals surface area contributed by atoms with Gasteiger partial charge in [0.15, 0.2) is 11.7 Å². The number of nitriles is 1. The Morgan fingerprint density at radius 2 is 2.05 bits per heavy atom. The molecule has 1 N–H and O–H groups in total. The second-order valence-electron chi connectivity index (χ2n) is 5.39. The van der Waals surface area contributed by atoms with Gasteiger partial charge >= 0.3 is 0 Å². The summed E-state index contributed by atoms with van der Waals surface area (Å²) < 4.78 is 5.10. The summed E-state index contributed by atoms with van der Waals surface area (Å²) in [6, 6.07) is 1.94. The molecule has 1 aliphatic heterocycles. The SMILES string of the molecule is N#CC(C(=O)NC1CCCCC1)C(=O)C1=COCCC1. The van der Waals surface area contributed by atoms with Crippen molar-refractivity contribution >= 4 is 11.7 Å². The summed E-state index contributed by atoms with van der Waals surface area (Å²) in [6.07, 6.45) is 7.97. The van der Waals surface area contributed by atoms with Gasteiger partial charge in [-0.25, -0.2) is 0 Å². The van der Waals surface area contributed by atoms with Crippen molar-refractivity contribution in [2.75, 3.05) is 6.61 Å². The predicted molar refractivity (Wildman–Crippen MR) is 72.4 cm³/mol. The number of Topliss-reactive ketones (excluding diaryl/α,β-unsaturated/α-hetero) is 1. The van der Waals surface area contributed by atoms with Gasteiger partial charge in [-0.3, -0.25) is 9.59 Å². The van der Waals surface area contributed by atoms with Crippen LogP contribution in [0.2, 0.25) is 0 Å². The van der Waals surface area contributed by atoms with Crippen molar-refractivity contribution in [3.8, 4) is 6.07 Å². The van der Waals surface area contributed by atoms with Crippen molar-refractivity contribution in [1.82, 2.24) is 5.32 Å². The van der Waals surface area contributed by atoms with E-state index in [2.05, 4.69) is 5.32 Å². The van der Waals surface area contributed by atoms with Crippen LogP contribution < -0.4 is 5.32 Å². The van der Waals surface area contributed by atoms with E-state index in [4.69, 9.17) is 10.00 Å². The minimum atomic E-state index is -1.25. The molecule has 1 atom stereocenters. The Hall–Kier alpha value is -1.83. The molecule has 1 amide bonds. The maximum atomic E-state index is 12.2. The first-order valence-corrected chi connectivity index (χ1v) is 7.27. The first kappa shape index (κ1) is 14.6. The lowest BCUT2D eigenvalue weighted by Gasteiger charge is -2.24. The molecule has 1 unspecified atom stereocenters. The molecule has 0 saturated heterocycles. The summed E-state index contributed by atoms with van der Waals surface area (Å²) in [6.45, 7) is 0.586. The molecule has 1 aliphatic carbocycles. The number of hydrogen-bond acceptors (Lipinski definition) is 4. The summed E-state index contributed by atoms with van der Waals surface area (Å²) in [5.41, 5.74) is 0.446. The second kappa shape index (κ2) is 7.09. The highest BCUT2D eigenvalue weighted by molar-refractivity contribution is 6.11.